The Labute approximate surface area is 163 Å². The number of carbonyl (C=O) groups excluding carboxylic acids is 1. The molecule has 3 nitrogen and oxygen atoms in total. The van der Waals surface area contributed by atoms with Gasteiger partial charge in [0.05, 0.1) is 17.2 Å². The van der Waals surface area contributed by atoms with Gasteiger partial charge in [0.1, 0.15) is 0 Å². The predicted octanol–water partition coefficient (Wildman–Crippen LogP) is 5.65. The molecule has 0 bridgehead atoms. The Balaban J connectivity index is 1.80. The number of benzene rings is 3. The number of carbonyl (C=O) groups is 1. The first kappa shape index (κ1) is 16.5. The number of pyridine rings is 1. The second-order valence-corrected chi connectivity index (χ2v) is 6.91. The van der Waals surface area contributed by atoms with Crippen LogP contribution in [-0.2, 0) is 0 Å². The maximum atomic E-state index is 13.6. The van der Waals surface area contributed by atoms with Gasteiger partial charge in [0.2, 0.25) is 0 Å². The van der Waals surface area contributed by atoms with E-state index in [1.807, 2.05) is 89.8 Å². The van der Waals surface area contributed by atoms with Crippen LogP contribution < -0.4 is 4.90 Å². The van der Waals surface area contributed by atoms with Crippen molar-refractivity contribution < 1.29 is 4.79 Å². The van der Waals surface area contributed by atoms with Crippen LogP contribution in [0.15, 0.2) is 97.7 Å². The molecule has 5 rings (SSSR count). The highest BCUT2D eigenvalue weighted by Crippen LogP contribution is 2.44. The molecule has 3 heteroatoms. The molecule has 1 aromatic heterocycles. The monoisotopic (exact) mass is 362 g/mol. The molecule has 1 atom stereocenters. The molecule has 1 unspecified atom stereocenters. The summed E-state index contributed by atoms with van der Waals surface area (Å²) in [7, 11) is 0. The van der Waals surface area contributed by atoms with Crippen LogP contribution in [0.5, 0.6) is 0 Å². The zero-order valence-corrected chi connectivity index (χ0v) is 15.2. The number of fused-ring (bicyclic) bond motifs is 2. The van der Waals surface area contributed by atoms with E-state index in [2.05, 4.69) is 11.6 Å². The number of hydrogen-bond donors (Lipinski definition) is 0. The second kappa shape index (κ2) is 6.46. The average molecular weight is 362 g/mol. The van der Waals surface area contributed by atoms with Gasteiger partial charge in [0, 0.05) is 17.1 Å². The van der Waals surface area contributed by atoms with Crippen molar-refractivity contribution in [3.63, 3.8) is 0 Å². The van der Waals surface area contributed by atoms with Crippen LogP contribution in [0.2, 0.25) is 0 Å². The lowest BCUT2D eigenvalue weighted by Crippen LogP contribution is -2.40. The van der Waals surface area contributed by atoms with Crippen LogP contribution in [-0.4, -0.2) is 10.9 Å². The van der Waals surface area contributed by atoms with Crippen LogP contribution in [0.3, 0.4) is 0 Å². The Kier molecular flexibility index (Phi) is 3.80. The van der Waals surface area contributed by atoms with Gasteiger partial charge in [-0.1, -0.05) is 73.3 Å². The maximum absolute atomic E-state index is 13.6. The summed E-state index contributed by atoms with van der Waals surface area (Å²) in [6.07, 6.45) is 1.76. The number of para-hydroxylation sites is 1. The molecule has 4 aromatic rings. The van der Waals surface area contributed by atoms with Crippen molar-refractivity contribution >= 4 is 28.1 Å². The first-order valence-electron chi connectivity index (χ1n) is 9.26. The van der Waals surface area contributed by atoms with Gasteiger partial charge >= 0.3 is 0 Å². The van der Waals surface area contributed by atoms with Crippen LogP contribution >= 0.6 is 0 Å². The topological polar surface area (TPSA) is 33.2 Å². The van der Waals surface area contributed by atoms with Gasteiger partial charge in [0.25, 0.3) is 5.91 Å². The minimum absolute atomic E-state index is 0.0324. The molecular formula is C25H18N2O. The largest absolute Gasteiger partial charge is 0.295 e. The van der Waals surface area contributed by atoms with Gasteiger partial charge in [-0.3, -0.25) is 14.7 Å². The molecule has 28 heavy (non-hydrogen) atoms. The van der Waals surface area contributed by atoms with Gasteiger partial charge in [-0.2, -0.15) is 0 Å². The molecule has 0 N–H and O–H groups in total. The first-order chi connectivity index (χ1) is 13.8. The summed E-state index contributed by atoms with van der Waals surface area (Å²) < 4.78 is 0. The normalized spacial score (nSPS) is 16.3. The third kappa shape index (κ3) is 2.44. The highest BCUT2D eigenvalue weighted by Gasteiger charge is 2.37. The maximum Gasteiger partial charge on any atom is 0.259 e. The van der Waals surface area contributed by atoms with Crippen LogP contribution in [0, 0.1) is 0 Å². The first-order valence-corrected chi connectivity index (χ1v) is 9.26. The van der Waals surface area contributed by atoms with Crippen molar-refractivity contribution in [1.82, 2.24) is 4.98 Å². The molecule has 134 valence electrons. The van der Waals surface area contributed by atoms with Crippen LogP contribution in [0.25, 0.3) is 16.5 Å². The molecule has 0 spiro atoms. The van der Waals surface area contributed by atoms with Gasteiger partial charge in [-0.05, 0) is 34.9 Å². The summed E-state index contributed by atoms with van der Waals surface area (Å²) in [6.45, 7) is 4.39. The van der Waals surface area contributed by atoms with E-state index in [-0.39, 0.29) is 11.9 Å². The minimum Gasteiger partial charge on any atom is -0.295 e. The molecule has 1 aliphatic heterocycles. The van der Waals surface area contributed by atoms with Crippen molar-refractivity contribution in [2.45, 2.75) is 6.04 Å². The highest BCUT2D eigenvalue weighted by molar-refractivity contribution is 6.16. The fraction of sp³-hybridized carbons (Fsp3) is 0.0400. The lowest BCUT2D eigenvalue weighted by molar-refractivity contribution is 0.0978. The Morgan fingerprint density at radius 3 is 2.32 bits per heavy atom. The number of rotatable bonds is 2. The molecule has 1 aliphatic rings. The summed E-state index contributed by atoms with van der Waals surface area (Å²) in [5.41, 5.74) is 5.13. The van der Waals surface area contributed by atoms with Crippen molar-refractivity contribution in [3.8, 4) is 0 Å². The SMILES string of the molecule is C=C1c2ccccc2C(=O)N(c2cccc3cccnc23)C1c1ccccc1. The Morgan fingerprint density at radius 2 is 1.50 bits per heavy atom. The van der Waals surface area contributed by atoms with Crippen molar-refractivity contribution in [2.24, 2.45) is 0 Å². The Morgan fingerprint density at radius 1 is 0.786 bits per heavy atom. The lowest BCUT2D eigenvalue weighted by Gasteiger charge is -2.38. The summed E-state index contributed by atoms with van der Waals surface area (Å²) in [5, 5.41) is 1.00. The predicted molar refractivity (Wildman–Crippen MR) is 113 cm³/mol. The van der Waals surface area contributed by atoms with E-state index in [0.717, 1.165) is 33.3 Å². The van der Waals surface area contributed by atoms with Gasteiger partial charge < -0.3 is 0 Å². The average Bonchev–Trinajstić information content (AvgIpc) is 2.76. The van der Waals surface area contributed by atoms with Gasteiger partial charge in [-0.15, -0.1) is 0 Å². The minimum atomic E-state index is -0.281. The number of anilines is 1. The fourth-order valence-corrected chi connectivity index (χ4v) is 4.02. The molecule has 1 amide bonds. The zero-order chi connectivity index (χ0) is 19.1. The molecule has 3 aromatic carbocycles. The third-order valence-electron chi connectivity index (χ3n) is 5.30. The van der Waals surface area contributed by atoms with Crippen molar-refractivity contribution in [3.05, 3.63) is 114 Å². The van der Waals surface area contributed by atoms with Crippen molar-refractivity contribution in [2.75, 3.05) is 4.90 Å². The van der Waals surface area contributed by atoms with E-state index < -0.39 is 0 Å². The van der Waals surface area contributed by atoms with Crippen LogP contribution in [0.4, 0.5) is 5.69 Å². The molecule has 0 radical (unpaired) electrons. The standard InChI is InChI=1S/C25H18N2O/c1-17-20-13-5-6-14-21(20)25(28)27(24(17)19-9-3-2-4-10-19)22-15-7-11-18-12-8-16-26-23(18)22/h2-16,24H,1H2. The smallest absolute Gasteiger partial charge is 0.259 e. The third-order valence-corrected chi connectivity index (χ3v) is 5.30. The van der Waals surface area contributed by atoms with E-state index in [1.165, 1.54) is 0 Å². The number of hydrogen-bond acceptors (Lipinski definition) is 2. The summed E-state index contributed by atoms with van der Waals surface area (Å²) >= 11 is 0. The van der Waals surface area contributed by atoms with Crippen LogP contribution in [0.1, 0.15) is 27.5 Å². The second-order valence-electron chi connectivity index (χ2n) is 6.91. The Bertz CT molecular complexity index is 1210. The van der Waals surface area contributed by atoms with E-state index in [0.29, 0.717) is 5.56 Å². The molecule has 2 heterocycles. The summed E-state index contributed by atoms with van der Waals surface area (Å²) in [6, 6.07) is 27.3. The fourth-order valence-electron chi connectivity index (χ4n) is 4.02. The van der Waals surface area contributed by atoms with Crippen molar-refractivity contribution in [1.29, 1.82) is 0 Å². The molecule has 0 aliphatic carbocycles. The summed E-state index contributed by atoms with van der Waals surface area (Å²) in [4.78, 5) is 20.1. The molecular weight excluding hydrogens is 344 g/mol. The van der Waals surface area contributed by atoms with E-state index >= 15 is 0 Å². The lowest BCUT2D eigenvalue weighted by atomic mass is 9.85. The summed E-state index contributed by atoms with van der Waals surface area (Å²) in [5.74, 6) is -0.0324. The number of nitrogens with zero attached hydrogens (tertiary/aromatic N) is 2. The molecule has 0 saturated carbocycles. The zero-order valence-electron chi connectivity index (χ0n) is 15.2. The van der Waals surface area contributed by atoms with Gasteiger partial charge in [-0.25, -0.2) is 0 Å². The van der Waals surface area contributed by atoms with E-state index in [4.69, 9.17) is 0 Å². The van der Waals surface area contributed by atoms with E-state index in [9.17, 15) is 4.79 Å². The molecule has 0 fully saturated rings. The molecule has 0 saturated heterocycles. The highest BCUT2D eigenvalue weighted by atomic mass is 16.2. The van der Waals surface area contributed by atoms with E-state index in [1.54, 1.807) is 6.20 Å². The quantitative estimate of drug-likeness (QED) is 0.462. The van der Waals surface area contributed by atoms with Gasteiger partial charge in [0.15, 0.2) is 0 Å². The number of amides is 1. The Hall–Kier alpha value is -3.72. The number of aromatic nitrogens is 1.